The lowest BCUT2D eigenvalue weighted by Gasteiger charge is -2.02. The summed E-state index contributed by atoms with van der Waals surface area (Å²) in [6.45, 7) is 2.02. The smallest absolute Gasteiger partial charge is 0.0916 e. The molecule has 0 aliphatic carbocycles. The monoisotopic (exact) mass is 192 g/mol. The van der Waals surface area contributed by atoms with Crippen LogP contribution < -0.4 is 0 Å². The predicted octanol–water partition coefficient (Wildman–Crippen LogP) is 2.68. The van der Waals surface area contributed by atoms with E-state index in [1.165, 1.54) is 0 Å². The minimum absolute atomic E-state index is 0.521. The quantitative estimate of drug-likeness (QED) is 0.650. The van der Waals surface area contributed by atoms with Crippen LogP contribution in [0, 0.1) is 6.92 Å². The number of alkyl halides is 1. The molecular formula is C10H9ClN2. The first-order valence-corrected chi connectivity index (χ1v) is 4.61. The van der Waals surface area contributed by atoms with E-state index in [9.17, 15) is 0 Å². The minimum Gasteiger partial charge on any atom is -0.253 e. The molecule has 0 atom stereocenters. The van der Waals surface area contributed by atoms with Crippen molar-refractivity contribution in [3.05, 3.63) is 35.7 Å². The molecule has 1 aromatic carbocycles. The van der Waals surface area contributed by atoms with Crippen LogP contribution in [0.1, 0.15) is 11.1 Å². The summed E-state index contributed by atoms with van der Waals surface area (Å²) in [5.74, 6) is 0.521. The Morgan fingerprint density at radius 3 is 2.77 bits per heavy atom. The topological polar surface area (TPSA) is 25.8 Å². The lowest BCUT2D eigenvalue weighted by molar-refractivity contribution is 1.25. The molecule has 0 unspecified atom stereocenters. The van der Waals surface area contributed by atoms with Crippen molar-refractivity contribution < 1.29 is 0 Å². The third-order valence-electron chi connectivity index (χ3n) is 1.98. The van der Waals surface area contributed by atoms with E-state index in [-0.39, 0.29) is 0 Å². The molecule has 0 saturated carbocycles. The van der Waals surface area contributed by atoms with Crippen LogP contribution in [0.25, 0.3) is 11.0 Å². The molecule has 0 amide bonds. The molecule has 0 radical (unpaired) electrons. The second-order valence-corrected chi connectivity index (χ2v) is 3.24. The first-order valence-electron chi connectivity index (χ1n) is 4.07. The van der Waals surface area contributed by atoms with Crippen LogP contribution in [0.3, 0.4) is 0 Å². The molecule has 0 saturated heterocycles. The number of halogens is 1. The molecule has 0 aliphatic heterocycles. The molecule has 66 valence electrons. The summed E-state index contributed by atoms with van der Waals surface area (Å²) in [5, 5.41) is 0. The van der Waals surface area contributed by atoms with Gasteiger partial charge in [0.15, 0.2) is 0 Å². The largest absolute Gasteiger partial charge is 0.253 e. The third-order valence-corrected chi connectivity index (χ3v) is 2.29. The van der Waals surface area contributed by atoms with E-state index in [2.05, 4.69) is 9.97 Å². The van der Waals surface area contributed by atoms with Gasteiger partial charge in [-0.25, -0.2) is 0 Å². The fourth-order valence-corrected chi connectivity index (χ4v) is 1.55. The van der Waals surface area contributed by atoms with E-state index in [1.54, 1.807) is 12.4 Å². The van der Waals surface area contributed by atoms with Crippen LogP contribution in [0.2, 0.25) is 0 Å². The molecule has 0 fully saturated rings. The highest BCUT2D eigenvalue weighted by atomic mass is 35.5. The molecule has 0 spiro atoms. The highest BCUT2D eigenvalue weighted by molar-refractivity contribution is 6.17. The van der Waals surface area contributed by atoms with Gasteiger partial charge in [-0.1, -0.05) is 6.07 Å². The average molecular weight is 193 g/mol. The molecule has 13 heavy (non-hydrogen) atoms. The maximum atomic E-state index is 5.75. The molecule has 0 aliphatic rings. The van der Waals surface area contributed by atoms with Crippen molar-refractivity contribution in [3.8, 4) is 0 Å². The normalized spacial score (nSPS) is 10.6. The zero-order chi connectivity index (χ0) is 9.26. The second-order valence-electron chi connectivity index (χ2n) is 2.97. The SMILES string of the molecule is Cc1cc(CCl)cc2nccnc12. The summed E-state index contributed by atoms with van der Waals surface area (Å²) in [6, 6.07) is 4.02. The molecule has 2 nitrogen and oxygen atoms in total. The molecule has 1 heterocycles. The van der Waals surface area contributed by atoms with Crippen molar-refractivity contribution in [1.29, 1.82) is 0 Å². The summed E-state index contributed by atoms with van der Waals surface area (Å²) in [5.41, 5.74) is 4.09. The Bertz CT molecular complexity index is 440. The van der Waals surface area contributed by atoms with E-state index in [0.717, 1.165) is 22.2 Å². The average Bonchev–Trinajstić information content (AvgIpc) is 2.18. The van der Waals surface area contributed by atoms with Crippen LogP contribution in [-0.4, -0.2) is 9.97 Å². The Kier molecular flexibility index (Phi) is 2.15. The van der Waals surface area contributed by atoms with E-state index < -0.39 is 0 Å². The zero-order valence-electron chi connectivity index (χ0n) is 7.29. The number of hydrogen-bond acceptors (Lipinski definition) is 2. The van der Waals surface area contributed by atoms with Gasteiger partial charge in [-0.05, 0) is 24.1 Å². The Morgan fingerprint density at radius 1 is 1.23 bits per heavy atom. The number of fused-ring (bicyclic) bond motifs is 1. The molecule has 0 bridgehead atoms. The van der Waals surface area contributed by atoms with Crippen LogP contribution in [0.4, 0.5) is 0 Å². The highest BCUT2D eigenvalue weighted by Gasteiger charge is 2.01. The number of nitrogens with zero attached hydrogens (tertiary/aromatic N) is 2. The summed E-state index contributed by atoms with van der Waals surface area (Å²) >= 11 is 5.75. The fourth-order valence-electron chi connectivity index (χ4n) is 1.40. The lowest BCUT2D eigenvalue weighted by atomic mass is 10.1. The molecule has 1 aromatic heterocycles. The van der Waals surface area contributed by atoms with E-state index in [1.807, 2.05) is 19.1 Å². The van der Waals surface area contributed by atoms with Crippen molar-refractivity contribution in [2.24, 2.45) is 0 Å². The van der Waals surface area contributed by atoms with Gasteiger partial charge in [-0.2, -0.15) is 0 Å². The van der Waals surface area contributed by atoms with Gasteiger partial charge in [0.05, 0.1) is 11.0 Å². The van der Waals surface area contributed by atoms with Crippen molar-refractivity contribution in [2.75, 3.05) is 0 Å². The van der Waals surface area contributed by atoms with Gasteiger partial charge in [0.2, 0.25) is 0 Å². The van der Waals surface area contributed by atoms with Gasteiger partial charge >= 0.3 is 0 Å². The van der Waals surface area contributed by atoms with Crippen LogP contribution in [0.5, 0.6) is 0 Å². The van der Waals surface area contributed by atoms with E-state index in [0.29, 0.717) is 5.88 Å². The van der Waals surface area contributed by atoms with Crippen molar-refractivity contribution in [1.82, 2.24) is 9.97 Å². The third kappa shape index (κ3) is 1.49. The molecule has 2 aromatic rings. The van der Waals surface area contributed by atoms with Gasteiger partial charge in [0.25, 0.3) is 0 Å². The highest BCUT2D eigenvalue weighted by Crippen LogP contribution is 2.17. The summed E-state index contributed by atoms with van der Waals surface area (Å²) < 4.78 is 0. The number of aryl methyl sites for hydroxylation is 1. The van der Waals surface area contributed by atoms with Gasteiger partial charge in [-0.3, -0.25) is 9.97 Å². The van der Waals surface area contributed by atoms with Gasteiger partial charge < -0.3 is 0 Å². The minimum atomic E-state index is 0.521. The Hall–Kier alpha value is -1.15. The Morgan fingerprint density at radius 2 is 2.00 bits per heavy atom. The maximum absolute atomic E-state index is 5.75. The van der Waals surface area contributed by atoms with Crippen LogP contribution in [0.15, 0.2) is 24.5 Å². The van der Waals surface area contributed by atoms with Crippen molar-refractivity contribution >= 4 is 22.6 Å². The number of rotatable bonds is 1. The molecular weight excluding hydrogens is 184 g/mol. The lowest BCUT2D eigenvalue weighted by Crippen LogP contribution is -1.88. The van der Waals surface area contributed by atoms with Crippen LogP contribution in [-0.2, 0) is 5.88 Å². The van der Waals surface area contributed by atoms with Gasteiger partial charge in [0.1, 0.15) is 0 Å². The summed E-state index contributed by atoms with van der Waals surface area (Å²) in [6.07, 6.45) is 3.40. The fraction of sp³-hybridized carbons (Fsp3) is 0.200. The summed E-state index contributed by atoms with van der Waals surface area (Å²) in [7, 11) is 0. The number of hydrogen-bond donors (Lipinski definition) is 0. The van der Waals surface area contributed by atoms with Crippen molar-refractivity contribution in [3.63, 3.8) is 0 Å². The van der Waals surface area contributed by atoms with E-state index in [4.69, 9.17) is 11.6 Å². The first kappa shape index (κ1) is 8.45. The van der Waals surface area contributed by atoms with Gasteiger partial charge in [-0.15, -0.1) is 11.6 Å². The maximum Gasteiger partial charge on any atom is 0.0916 e. The van der Waals surface area contributed by atoms with Gasteiger partial charge in [0, 0.05) is 18.3 Å². The summed E-state index contributed by atoms with van der Waals surface area (Å²) in [4.78, 5) is 8.48. The Balaban J connectivity index is 2.77. The second kappa shape index (κ2) is 3.30. The molecule has 2 rings (SSSR count). The molecule has 3 heteroatoms. The van der Waals surface area contributed by atoms with E-state index >= 15 is 0 Å². The predicted molar refractivity (Wildman–Crippen MR) is 53.8 cm³/mol. The van der Waals surface area contributed by atoms with Crippen molar-refractivity contribution in [2.45, 2.75) is 12.8 Å². The number of benzene rings is 1. The van der Waals surface area contributed by atoms with Crippen LogP contribution >= 0.6 is 11.6 Å². The standard InChI is InChI=1S/C10H9ClN2/c1-7-4-8(6-11)5-9-10(7)13-3-2-12-9/h2-5H,6H2,1H3. The first-order chi connectivity index (χ1) is 6.31. The Labute approximate surface area is 81.6 Å². The zero-order valence-corrected chi connectivity index (χ0v) is 8.04. The number of aromatic nitrogens is 2. The molecule has 0 N–H and O–H groups in total.